The van der Waals surface area contributed by atoms with Crippen LogP contribution in [0.4, 0.5) is 5.95 Å². The fraction of sp³-hybridized carbons (Fsp3) is 0.314. The van der Waals surface area contributed by atoms with E-state index in [1.807, 2.05) is 78.9 Å². The number of carbonyl (C=O) groups is 1. The van der Waals surface area contributed by atoms with E-state index in [0.717, 1.165) is 16.7 Å². The van der Waals surface area contributed by atoms with Gasteiger partial charge >= 0.3 is 0 Å². The molecule has 13 nitrogen and oxygen atoms in total. The molecule has 0 spiro atoms. The van der Waals surface area contributed by atoms with Gasteiger partial charge in [0.2, 0.25) is 11.9 Å². The standard InChI is InChI=1S/C35H37N5O8/c1-20(2)31(43)38-34-37-30-27(32(44)39-34)36-19-40(30)33-29(42)28(41)26(48-33)18-47-35(21-8-6-5-7-9-21,22-10-14-24(45-3)15-11-22)23-12-16-25(46-4)17-13-23/h5-17,19-20,26,28-29,33,41-42H,18H2,1-4H3,(H2,37,38,39,43,44). The Morgan fingerprint density at radius 1 is 0.938 bits per heavy atom. The summed E-state index contributed by atoms with van der Waals surface area (Å²) in [6.45, 7) is 3.26. The molecule has 2 aromatic heterocycles. The third kappa shape index (κ3) is 6.04. The van der Waals surface area contributed by atoms with Gasteiger partial charge in [0.05, 0.1) is 27.2 Å². The number of nitrogens with one attached hydrogen (secondary N) is 2. The Morgan fingerprint density at radius 2 is 1.52 bits per heavy atom. The normalized spacial score (nSPS) is 19.5. The van der Waals surface area contributed by atoms with Crippen LogP contribution in [0, 0.1) is 5.92 Å². The van der Waals surface area contributed by atoms with E-state index in [1.165, 1.54) is 10.9 Å². The van der Waals surface area contributed by atoms with Crippen molar-refractivity contribution in [2.75, 3.05) is 26.1 Å². The van der Waals surface area contributed by atoms with E-state index in [2.05, 4.69) is 20.3 Å². The monoisotopic (exact) mass is 655 g/mol. The van der Waals surface area contributed by atoms with E-state index >= 15 is 0 Å². The summed E-state index contributed by atoms with van der Waals surface area (Å²) in [4.78, 5) is 36.1. The lowest BCUT2D eigenvalue weighted by Gasteiger charge is -2.37. The van der Waals surface area contributed by atoms with Crippen molar-refractivity contribution in [1.29, 1.82) is 0 Å². The number of aliphatic hydroxyl groups is 2. The summed E-state index contributed by atoms with van der Waals surface area (Å²) in [6, 6.07) is 24.7. The molecule has 1 saturated heterocycles. The van der Waals surface area contributed by atoms with Gasteiger partial charge in [-0.1, -0.05) is 68.4 Å². The maximum absolute atomic E-state index is 12.8. The van der Waals surface area contributed by atoms with Crippen LogP contribution in [0.1, 0.15) is 36.8 Å². The van der Waals surface area contributed by atoms with E-state index in [0.29, 0.717) is 11.5 Å². The highest BCUT2D eigenvalue weighted by Crippen LogP contribution is 2.43. The molecule has 1 fully saturated rings. The number of fused-ring (bicyclic) bond motifs is 1. The lowest BCUT2D eigenvalue weighted by atomic mass is 9.80. The Kier molecular flexibility index (Phi) is 9.29. The zero-order valence-electron chi connectivity index (χ0n) is 26.9. The molecule has 4 atom stereocenters. The van der Waals surface area contributed by atoms with E-state index in [-0.39, 0.29) is 35.5 Å². The fourth-order valence-electron chi connectivity index (χ4n) is 5.81. The number of amides is 1. The summed E-state index contributed by atoms with van der Waals surface area (Å²) in [5.74, 6) is 0.563. The predicted molar refractivity (Wildman–Crippen MR) is 176 cm³/mol. The smallest absolute Gasteiger partial charge is 0.280 e. The number of benzene rings is 3. The number of methoxy groups -OCH3 is 2. The van der Waals surface area contributed by atoms with Crippen molar-refractivity contribution in [1.82, 2.24) is 19.5 Å². The average molecular weight is 656 g/mol. The van der Waals surface area contributed by atoms with Crippen LogP contribution in [0.15, 0.2) is 90.0 Å². The van der Waals surface area contributed by atoms with E-state index < -0.39 is 35.7 Å². The van der Waals surface area contributed by atoms with Gasteiger partial charge < -0.3 is 29.2 Å². The molecule has 4 unspecified atom stereocenters. The molecular formula is C35H37N5O8. The van der Waals surface area contributed by atoms with Crippen LogP contribution >= 0.6 is 0 Å². The number of aliphatic hydroxyl groups excluding tert-OH is 2. The topological polar surface area (TPSA) is 170 Å². The molecule has 1 aliphatic rings. The van der Waals surface area contributed by atoms with E-state index in [4.69, 9.17) is 18.9 Å². The first kappa shape index (κ1) is 32.8. The number of ether oxygens (including phenoxy) is 4. The second-order valence-corrected chi connectivity index (χ2v) is 11.7. The Balaban J connectivity index is 1.36. The largest absolute Gasteiger partial charge is 0.497 e. The van der Waals surface area contributed by atoms with Crippen LogP contribution in [0.2, 0.25) is 0 Å². The lowest BCUT2D eigenvalue weighted by Crippen LogP contribution is -2.39. The molecule has 5 aromatic rings. The number of aromatic amines is 1. The quantitative estimate of drug-likeness (QED) is 0.155. The first-order chi connectivity index (χ1) is 23.2. The van der Waals surface area contributed by atoms with Gasteiger partial charge in [-0.05, 0) is 41.0 Å². The van der Waals surface area contributed by atoms with Crippen molar-refractivity contribution < 1.29 is 34.0 Å². The summed E-state index contributed by atoms with van der Waals surface area (Å²) in [5, 5.41) is 25.1. The van der Waals surface area contributed by atoms with Crippen molar-refractivity contribution >= 4 is 23.0 Å². The van der Waals surface area contributed by atoms with Crippen LogP contribution in [-0.2, 0) is 19.9 Å². The Hall–Kier alpha value is -5.08. The third-order valence-corrected chi connectivity index (χ3v) is 8.45. The van der Waals surface area contributed by atoms with Gasteiger partial charge in [0.25, 0.3) is 5.56 Å². The van der Waals surface area contributed by atoms with Gasteiger partial charge in [-0.3, -0.25) is 24.5 Å². The minimum absolute atomic E-state index is 0.0235. The number of H-pyrrole nitrogens is 1. The number of aromatic nitrogens is 4. The summed E-state index contributed by atoms with van der Waals surface area (Å²) in [6.07, 6.45) is -3.69. The van der Waals surface area contributed by atoms with Crippen LogP contribution < -0.4 is 20.3 Å². The van der Waals surface area contributed by atoms with Crippen LogP contribution in [0.3, 0.4) is 0 Å². The highest BCUT2D eigenvalue weighted by atomic mass is 16.6. The number of anilines is 1. The molecule has 0 bridgehead atoms. The number of rotatable bonds is 11. The first-order valence-electron chi connectivity index (χ1n) is 15.4. The van der Waals surface area contributed by atoms with Gasteiger partial charge in [-0.2, -0.15) is 4.98 Å². The van der Waals surface area contributed by atoms with Crippen LogP contribution in [0.5, 0.6) is 11.5 Å². The van der Waals surface area contributed by atoms with Crippen LogP contribution in [-0.4, -0.2) is 74.8 Å². The molecule has 1 amide bonds. The number of carbonyl (C=O) groups excluding carboxylic acids is 1. The van der Waals surface area contributed by atoms with Gasteiger partial charge in [-0.15, -0.1) is 0 Å². The maximum Gasteiger partial charge on any atom is 0.280 e. The fourth-order valence-corrected chi connectivity index (χ4v) is 5.81. The summed E-state index contributed by atoms with van der Waals surface area (Å²) in [7, 11) is 3.19. The van der Waals surface area contributed by atoms with Crippen molar-refractivity contribution in [2.45, 2.75) is 44.0 Å². The summed E-state index contributed by atoms with van der Waals surface area (Å²) < 4.78 is 25.3. The number of hydrogen-bond acceptors (Lipinski definition) is 10. The molecule has 0 saturated carbocycles. The van der Waals surface area contributed by atoms with Crippen molar-refractivity contribution in [2.24, 2.45) is 5.92 Å². The SMILES string of the molecule is COc1ccc(C(OCC2OC(n3cnc4c(=O)[nH]c(NC(=O)C(C)C)nc43)C(O)C2O)(c2ccccc2)c2ccc(OC)cc2)cc1. The zero-order valence-corrected chi connectivity index (χ0v) is 26.9. The van der Waals surface area contributed by atoms with E-state index in [1.54, 1.807) is 28.1 Å². The molecule has 250 valence electrons. The second kappa shape index (κ2) is 13.6. The molecule has 48 heavy (non-hydrogen) atoms. The number of hydrogen-bond donors (Lipinski definition) is 4. The minimum Gasteiger partial charge on any atom is -0.497 e. The first-order valence-corrected chi connectivity index (χ1v) is 15.4. The number of imidazole rings is 1. The van der Waals surface area contributed by atoms with Crippen molar-refractivity contribution in [3.05, 3.63) is 112 Å². The molecule has 3 aromatic carbocycles. The summed E-state index contributed by atoms with van der Waals surface area (Å²) in [5.41, 5.74) is 0.637. The number of nitrogens with zero attached hydrogens (tertiary/aromatic N) is 3. The molecular weight excluding hydrogens is 618 g/mol. The lowest BCUT2D eigenvalue weighted by molar-refractivity contribution is -0.118. The summed E-state index contributed by atoms with van der Waals surface area (Å²) >= 11 is 0. The molecule has 13 heteroatoms. The highest BCUT2D eigenvalue weighted by Gasteiger charge is 2.47. The molecule has 1 aliphatic heterocycles. The van der Waals surface area contributed by atoms with Gasteiger partial charge in [-0.25, -0.2) is 4.98 Å². The molecule has 4 N–H and O–H groups in total. The average Bonchev–Trinajstić information content (AvgIpc) is 3.66. The Labute approximate surface area is 276 Å². The van der Waals surface area contributed by atoms with Gasteiger partial charge in [0.15, 0.2) is 17.4 Å². The Morgan fingerprint density at radius 3 is 2.08 bits per heavy atom. The molecule has 3 heterocycles. The highest BCUT2D eigenvalue weighted by molar-refractivity contribution is 5.91. The second-order valence-electron chi connectivity index (χ2n) is 11.7. The minimum atomic E-state index is -1.43. The predicted octanol–water partition coefficient (Wildman–Crippen LogP) is 3.36. The van der Waals surface area contributed by atoms with Crippen molar-refractivity contribution in [3.63, 3.8) is 0 Å². The van der Waals surface area contributed by atoms with Gasteiger partial charge in [0, 0.05) is 5.92 Å². The third-order valence-electron chi connectivity index (χ3n) is 8.45. The Bertz CT molecular complexity index is 1880. The van der Waals surface area contributed by atoms with E-state index in [9.17, 15) is 19.8 Å². The molecule has 0 radical (unpaired) electrons. The molecule has 0 aliphatic carbocycles. The van der Waals surface area contributed by atoms with Crippen molar-refractivity contribution in [3.8, 4) is 11.5 Å². The maximum atomic E-state index is 12.8. The van der Waals surface area contributed by atoms with Gasteiger partial charge in [0.1, 0.15) is 35.4 Å². The van der Waals surface area contributed by atoms with Crippen LogP contribution in [0.25, 0.3) is 11.2 Å². The zero-order chi connectivity index (χ0) is 34.0. The molecule has 6 rings (SSSR count).